The van der Waals surface area contributed by atoms with E-state index < -0.39 is 41.4 Å². The highest BCUT2D eigenvalue weighted by atomic mass is 19.1. The van der Waals surface area contributed by atoms with Crippen LogP contribution in [-0.4, -0.2) is 120 Å². The lowest BCUT2D eigenvalue weighted by Gasteiger charge is -2.36. The minimum Gasteiger partial charge on any atom is -0.448 e. The fourth-order valence-electron chi connectivity index (χ4n) is 9.72. The molecule has 9 rings (SSSR count). The molecule has 0 spiro atoms. The van der Waals surface area contributed by atoms with Gasteiger partial charge in [-0.3, -0.25) is 28.9 Å². The average Bonchev–Trinajstić information content (AvgIpc) is 3.75. The Morgan fingerprint density at radius 2 is 1.44 bits per heavy atom. The molecule has 3 N–H and O–H groups in total. The van der Waals surface area contributed by atoms with Gasteiger partial charge >= 0.3 is 6.09 Å². The predicted octanol–water partition coefficient (Wildman–Crippen LogP) is 7.96. The van der Waals surface area contributed by atoms with Crippen LogP contribution in [-0.2, 0) is 31.9 Å². The lowest BCUT2D eigenvalue weighted by Crippen LogP contribution is -2.53. The van der Waals surface area contributed by atoms with Crippen LogP contribution in [0.5, 0.6) is 0 Å². The molecule has 1 fully saturated rings. The van der Waals surface area contributed by atoms with Crippen LogP contribution in [0.1, 0.15) is 68.4 Å². The minimum absolute atomic E-state index is 0.00406. The van der Waals surface area contributed by atoms with Gasteiger partial charge in [0.1, 0.15) is 24.8 Å². The molecular formula is C58H55F2N7O8. The SMILES string of the molecule is CCc1cccc(-c2cc(F)c(C(=O)NCCOCCN(CC(=O)N3CCN(C(=O)c4cc(Cc5n[nH]c(=O)c6ccccc56)ccc4F)CC3)C(=O)OCC3c4ccccc4-c4ccccc43)c(NC(C)=O)c2)c1. The summed E-state index contributed by atoms with van der Waals surface area (Å²) in [5.74, 6) is -3.96. The van der Waals surface area contributed by atoms with E-state index in [1.165, 1.54) is 39.8 Å². The standard InChI is InChI=1S/C58H55F2N7O8/c1-3-37-11-10-12-39(29-37)40-32-50(60)54(52(33-40)62-36(2)68)56(71)61-21-27-74-28-26-67(58(73)75-35-48-43-15-6-4-13-41(43)42-14-5-7-16-44(42)48)34-53(69)65-22-24-66(25-23-65)57(72)47-30-38(19-20-49(47)59)31-51-45-17-8-9-18-46(45)55(70)64-63-51/h4-20,29-30,32-33,48H,3,21-28,31,34-35H2,1-2H3,(H,61,71)(H,62,68)(H,64,70). The summed E-state index contributed by atoms with van der Waals surface area (Å²) in [6.07, 6.45) is 0.256. The second-order valence-corrected chi connectivity index (χ2v) is 18.4. The molecular weight excluding hydrogens is 961 g/mol. The van der Waals surface area contributed by atoms with Crippen molar-refractivity contribution in [2.75, 3.05) is 71.0 Å². The van der Waals surface area contributed by atoms with Gasteiger partial charge in [-0.2, -0.15) is 5.10 Å². The summed E-state index contributed by atoms with van der Waals surface area (Å²) in [5, 5.41) is 13.1. The highest BCUT2D eigenvalue weighted by Gasteiger charge is 2.32. The quantitative estimate of drug-likeness (QED) is 0.0762. The second-order valence-electron chi connectivity index (χ2n) is 18.4. The van der Waals surface area contributed by atoms with Gasteiger partial charge in [0.05, 0.1) is 41.1 Å². The Labute approximate surface area is 431 Å². The second kappa shape index (κ2) is 23.1. The zero-order chi connectivity index (χ0) is 52.6. The Morgan fingerprint density at radius 3 is 2.16 bits per heavy atom. The summed E-state index contributed by atoms with van der Waals surface area (Å²) < 4.78 is 42.8. The topological polar surface area (TPSA) is 183 Å². The van der Waals surface area contributed by atoms with Gasteiger partial charge in [-0.05, 0) is 81.3 Å². The van der Waals surface area contributed by atoms with E-state index in [0.717, 1.165) is 39.8 Å². The van der Waals surface area contributed by atoms with Crippen molar-refractivity contribution in [3.8, 4) is 22.3 Å². The molecule has 0 bridgehead atoms. The van der Waals surface area contributed by atoms with Gasteiger partial charge in [-0.25, -0.2) is 18.7 Å². The zero-order valence-electron chi connectivity index (χ0n) is 41.5. The van der Waals surface area contributed by atoms with Gasteiger partial charge in [-0.15, -0.1) is 0 Å². The van der Waals surface area contributed by atoms with Gasteiger partial charge in [0.2, 0.25) is 11.8 Å². The number of aryl methyl sites for hydroxylation is 1. The monoisotopic (exact) mass is 1020 g/mol. The van der Waals surface area contributed by atoms with Crippen LogP contribution in [0.15, 0.2) is 132 Å². The molecule has 0 radical (unpaired) electrons. The molecule has 1 aliphatic heterocycles. The largest absolute Gasteiger partial charge is 0.448 e. The summed E-state index contributed by atoms with van der Waals surface area (Å²) >= 11 is 0. The van der Waals surface area contributed by atoms with E-state index >= 15 is 8.78 Å². The molecule has 75 heavy (non-hydrogen) atoms. The number of H-pyrrole nitrogens is 1. The number of ether oxygens (including phenoxy) is 2. The van der Waals surface area contributed by atoms with E-state index in [2.05, 4.69) is 20.8 Å². The smallest absolute Gasteiger partial charge is 0.410 e. The van der Waals surface area contributed by atoms with Crippen molar-refractivity contribution in [1.82, 2.24) is 30.2 Å². The Morgan fingerprint density at radius 1 is 0.747 bits per heavy atom. The number of aromatic amines is 1. The number of rotatable bonds is 17. The Balaban J connectivity index is 0.827. The van der Waals surface area contributed by atoms with E-state index in [9.17, 15) is 28.8 Å². The molecule has 1 aromatic heterocycles. The average molecular weight is 1020 g/mol. The maximum absolute atomic E-state index is 15.7. The number of piperazine rings is 1. The van der Waals surface area contributed by atoms with E-state index in [-0.39, 0.29) is 100 Å². The van der Waals surface area contributed by atoms with Gasteiger partial charge in [0.25, 0.3) is 17.4 Å². The lowest BCUT2D eigenvalue weighted by molar-refractivity contribution is -0.133. The molecule has 0 unspecified atom stereocenters. The van der Waals surface area contributed by atoms with Crippen LogP contribution >= 0.6 is 0 Å². The number of nitrogens with zero attached hydrogens (tertiary/aromatic N) is 4. The summed E-state index contributed by atoms with van der Waals surface area (Å²) in [5.41, 5.74) is 6.79. The molecule has 1 aliphatic carbocycles. The van der Waals surface area contributed by atoms with Crippen molar-refractivity contribution in [2.24, 2.45) is 0 Å². The van der Waals surface area contributed by atoms with Crippen molar-refractivity contribution in [2.45, 2.75) is 32.6 Å². The van der Waals surface area contributed by atoms with E-state index in [0.29, 0.717) is 27.6 Å². The van der Waals surface area contributed by atoms with Crippen molar-refractivity contribution in [3.63, 3.8) is 0 Å². The maximum atomic E-state index is 15.7. The van der Waals surface area contributed by atoms with Crippen LogP contribution in [0.3, 0.4) is 0 Å². The number of fused-ring (bicyclic) bond motifs is 4. The van der Waals surface area contributed by atoms with Crippen LogP contribution < -0.4 is 16.2 Å². The first-order chi connectivity index (χ1) is 36.4. The fourth-order valence-corrected chi connectivity index (χ4v) is 9.72. The first-order valence-corrected chi connectivity index (χ1v) is 24.8. The van der Waals surface area contributed by atoms with Crippen LogP contribution in [0.4, 0.5) is 19.3 Å². The normalized spacial score (nSPS) is 13.0. The third-order valence-electron chi connectivity index (χ3n) is 13.6. The number of benzene rings is 6. The van der Waals surface area contributed by atoms with Gasteiger partial charge < -0.3 is 29.9 Å². The van der Waals surface area contributed by atoms with Crippen LogP contribution in [0, 0.1) is 11.6 Å². The maximum Gasteiger partial charge on any atom is 0.410 e. The number of aromatic nitrogens is 2. The molecule has 7 aromatic rings. The highest BCUT2D eigenvalue weighted by molar-refractivity contribution is 6.04. The molecule has 1 saturated heterocycles. The number of carbonyl (C=O) groups is 5. The van der Waals surface area contributed by atoms with Crippen LogP contribution in [0.25, 0.3) is 33.0 Å². The zero-order valence-corrected chi connectivity index (χ0v) is 41.5. The number of hydrogen-bond donors (Lipinski definition) is 3. The molecule has 0 saturated carbocycles. The molecule has 5 amide bonds. The third kappa shape index (κ3) is 11.6. The molecule has 15 nitrogen and oxygen atoms in total. The van der Waals surface area contributed by atoms with Gasteiger partial charge in [-0.1, -0.05) is 104 Å². The Hall–Kier alpha value is -8.57. The van der Waals surface area contributed by atoms with Crippen LogP contribution in [0.2, 0.25) is 0 Å². The molecule has 0 atom stereocenters. The van der Waals surface area contributed by atoms with Gasteiger partial charge in [0, 0.05) is 63.9 Å². The van der Waals surface area contributed by atoms with E-state index in [4.69, 9.17) is 9.47 Å². The number of amides is 5. The minimum atomic E-state index is -0.820. The predicted molar refractivity (Wildman–Crippen MR) is 279 cm³/mol. The Bertz CT molecular complexity index is 3330. The number of nitrogens with one attached hydrogen (secondary N) is 3. The summed E-state index contributed by atoms with van der Waals surface area (Å²) in [6, 6.07) is 37.5. The molecule has 2 heterocycles. The fraction of sp³-hybridized carbons (Fsp3) is 0.259. The Kier molecular flexibility index (Phi) is 15.8. The van der Waals surface area contributed by atoms with Crippen molar-refractivity contribution >= 4 is 46.2 Å². The first kappa shape index (κ1) is 51.3. The highest BCUT2D eigenvalue weighted by Crippen LogP contribution is 2.44. The molecule has 6 aromatic carbocycles. The first-order valence-electron chi connectivity index (χ1n) is 24.8. The lowest BCUT2D eigenvalue weighted by atomic mass is 9.98. The van der Waals surface area contributed by atoms with Crippen molar-refractivity contribution in [1.29, 1.82) is 0 Å². The van der Waals surface area contributed by atoms with Crippen molar-refractivity contribution < 1.29 is 42.2 Å². The molecule has 17 heteroatoms. The number of anilines is 1. The van der Waals surface area contributed by atoms with E-state index in [1.54, 1.807) is 36.4 Å². The summed E-state index contributed by atoms with van der Waals surface area (Å²) in [7, 11) is 0. The summed E-state index contributed by atoms with van der Waals surface area (Å²) in [6.45, 7) is 3.11. The van der Waals surface area contributed by atoms with Gasteiger partial charge in [0.15, 0.2) is 0 Å². The van der Waals surface area contributed by atoms with E-state index in [1.807, 2.05) is 79.7 Å². The summed E-state index contributed by atoms with van der Waals surface area (Å²) in [4.78, 5) is 83.9. The third-order valence-corrected chi connectivity index (χ3v) is 13.6. The van der Waals surface area contributed by atoms with Crippen molar-refractivity contribution in [3.05, 3.63) is 188 Å². The molecule has 2 aliphatic rings. The number of carbonyl (C=O) groups excluding carboxylic acids is 5. The molecule has 384 valence electrons. The number of halogens is 2. The number of hydrogen-bond acceptors (Lipinski definition) is 9.